The lowest BCUT2D eigenvalue weighted by Crippen LogP contribution is -2.49. The standard InChI is InChI=1S/C19H21N7O2/c1-24(2)17-14-11-13(3-4-15(14)22-12-23-17)25-7-9-26(10-8-25)19(28)16-18(27)21-6-5-20-16/h3-6,11-12H,7-10H2,1-2H3,(H,21,27). The van der Waals surface area contributed by atoms with Crippen molar-refractivity contribution >= 4 is 28.3 Å². The number of carbonyl (C=O) groups excluding carboxylic acids is 1. The Balaban J connectivity index is 1.52. The van der Waals surface area contributed by atoms with Gasteiger partial charge in [-0.15, -0.1) is 0 Å². The molecule has 1 saturated heterocycles. The van der Waals surface area contributed by atoms with Gasteiger partial charge < -0.3 is 19.7 Å². The number of fused-ring (bicyclic) bond motifs is 1. The summed E-state index contributed by atoms with van der Waals surface area (Å²) in [4.78, 5) is 45.4. The molecular formula is C19H21N7O2. The fourth-order valence-corrected chi connectivity index (χ4v) is 3.41. The smallest absolute Gasteiger partial charge is 0.279 e. The predicted molar refractivity (Wildman–Crippen MR) is 107 cm³/mol. The Kier molecular flexibility index (Phi) is 4.64. The molecule has 9 nitrogen and oxygen atoms in total. The molecule has 0 spiro atoms. The van der Waals surface area contributed by atoms with Crippen molar-refractivity contribution in [2.75, 3.05) is 50.1 Å². The average Bonchev–Trinajstić information content (AvgIpc) is 2.73. The molecule has 2 aromatic heterocycles. The summed E-state index contributed by atoms with van der Waals surface area (Å²) in [6.07, 6.45) is 4.41. The highest BCUT2D eigenvalue weighted by atomic mass is 16.2. The topological polar surface area (TPSA) is 98.3 Å². The minimum Gasteiger partial charge on any atom is -0.368 e. The maximum absolute atomic E-state index is 12.6. The van der Waals surface area contributed by atoms with Crippen molar-refractivity contribution in [2.24, 2.45) is 0 Å². The zero-order chi connectivity index (χ0) is 19.7. The second-order valence-corrected chi connectivity index (χ2v) is 6.84. The maximum Gasteiger partial charge on any atom is 0.279 e. The van der Waals surface area contributed by atoms with E-state index < -0.39 is 5.56 Å². The van der Waals surface area contributed by atoms with E-state index in [9.17, 15) is 9.59 Å². The van der Waals surface area contributed by atoms with Gasteiger partial charge >= 0.3 is 0 Å². The Morgan fingerprint density at radius 3 is 2.61 bits per heavy atom. The normalized spacial score (nSPS) is 14.4. The zero-order valence-corrected chi connectivity index (χ0v) is 15.8. The van der Waals surface area contributed by atoms with Gasteiger partial charge in [0.05, 0.1) is 5.52 Å². The van der Waals surface area contributed by atoms with Crippen LogP contribution in [-0.2, 0) is 0 Å². The van der Waals surface area contributed by atoms with Gasteiger partial charge in [0.25, 0.3) is 11.5 Å². The van der Waals surface area contributed by atoms with Gasteiger partial charge in [-0.2, -0.15) is 0 Å². The van der Waals surface area contributed by atoms with Gasteiger partial charge in [-0.1, -0.05) is 0 Å². The Labute approximate surface area is 161 Å². The summed E-state index contributed by atoms with van der Waals surface area (Å²) in [7, 11) is 3.91. The molecule has 9 heteroatoms. The second kappa shape index (κ2) is 7.26. The summed E-state index contributed by atoms with van der Waals surface area (Å²) in [5, 5.41) is 0.989. The molecule has 0 unspecified atom stereocenters. The summed E-state index contributed by atoms with van der Waals surface area (Å²) < 4.78 is 0. The number of benzene rings is 1. The van der Waals surface area contributed by atoms with E-state index in [1.54, 1.807) is 11.2 Å². The average molecular weight is 379 g/mol. The number of carbonyl (C=O) groups is 1. The van der Waals surface area contributed by atoms with Gasteiger partial charge in [-0.05, 0) is 18.2 Å². The number of nitrogens with zero attached hydrogens (tertiary/aromatic N) is 6. The summed E-state index contributed by atoms with van der Waals surface area (Å²) in [6.45, 7) is 2.40. The monoisotopic (exact) mass is 379 g/mol. The molecule has 1 aliphatic rings. The van der Waals surface area contributed by atoms with Crippen LogP contribution in [-0.4, -0.2) is 71.0 Å². The molecule has 3 heterocycles. The van der Waals surface area contributed by atoms with Gasteiger partial charge in [-0.3, -0.25) is 9.59 Å². The van der Waals surface area contributed by atoms with Crippen LogP contribution in [0.15, 0.2) is 41.7 Å². The van der Waals surface area contributed by atoms with Crippen molar-refractivity contribution in [1.29, 1.82) is 0 Å². The Morgan fingerprint density at radius 1 is 1.11 bits per heavy atom. The quantitative estimate of drug-likeness (QED) is 0.717. The zero-order valence-electron chi connectivity index (χ0n) is 15.8. The largest absolute Gasteiger partial charge is 0.368 e. The molecule has 0 radical (unpaired) electrons. The third-order valence-corrected chi connectivity index (χ3v) is 4.86. The minimum absolute atomic E-state index is 0.0607. The fraction of sp³-hybridized carbons (Fsp3) is 0.316. The summed E-state index contributed by atoms with van der Waals surface area (Å²) in [5.41, 5.74) is 1.44. The first-order valence-corrected chi connectivity index (χ1v) is 9.04. The number of nitrogens with one attached hydrogen (secondary N) is 1. The molecule has 1 amide bonds. The van der Waals surface area contributed by atoms with Crippen LogP contribution in [0.3, 0.4) is 0 Å². The Morgan fingerprint density at radius 2 is 1.89 bits per heavy atom. The van der Waals surface area contributed by atoms with E-state index in [2.05, 4.69) is 30.9 Å². The number of hydrogen-bond donors (Lipinski definition) is 1. The lowest BCUT2D eigenvalue weighted by molar-refractivity contribution is 0.0739. The van der Waals surface area contributed by atoms with Gasteiger partial charge in [0.1, 0.15) is 12.1 Å². The van der Waals surface area contributed by atoms with Gasteiger partial charge in [0.2, 0.25) is 0 Å². The van der Waals surface area contributed by atoms with Crippen LogP contribution in [0.4, 0.5) is 11.5 Å². The molecule has 4 rings (SSSR count). The van der Waals surface area contributed by atoms with E-state index in [1.165, 1.54) is 12.4 Å². The summed E-state index contributed by atoms with van der Waals surface area (Å²) in [6, 6.07) is 6.12. The predicted octanol–water partition coefficient (Wildman–Crippen LogP) is 0.741. The van der Waals surface area contributed by atoms with Crippen LogP contribution < -0.4 is 15.4 Å². The number of aromatic amines is 1. The van der Waals surface area contributed by atoms with Gasteiger partial charge in [0.15, 0.2) is 5.69 Å². The van der Waals surface area contributed by atoms with Crippen LogP contribution in [0.2, 0.25) is 0 Å². The van der Waals surface area contributed by atoms with E-state index in [0.717, 1.165) is 22.4 Å². The molecular weight excluding hydrogens is 358 g/mol. The molecule has 144 valence electrons. The van der Waals surface area contributed by atoms with Crippen LogP contribution >= 0.6 is 0 Å². The van der Waals surface area contributed by atoms with Crippen molar-refractivity contribution < 1.29 is 4.79 Å². The third-order valence-electron chi connectivity index (χ3n) is 4.86. The van der Waals surface area contributed by atoms with Crippen molar-refractivity contribution in [2.45, 2.75) is 0 Å². The molecule has 1 aliphatic heterocycles. The number of hydrogen-bond acceptors (Lipinski definition) is 7. The SMILES string of the molecule is CN(C)c1ncnc2ccc(N3CCN(C(=O)c4ncc[nH]c4=O)CC3)cc12. The Bertz CT molecular complexity index is 1070. The maximum atomic E-state index is 12.6. The van der Waals surface area contributed by atoms with Crippen molar-refractivity contribution in [3.05, 3.63) is 53.0 Å². The van der Waals surface area contributed by atoms with E-state index in [4.69, 9.17) is 0 Å². The van der Waals surface area contributed by atoms with Crippen LogP contribution in [0.1, 0.15) is 10.5 Å². The lowest BCUT2D eigenvalue weighted by atomic mass is 10.1. The highest BCUT2D eigenvalue weighted by Crippen LogP contribution is 2.27. The molecule has 28 heavy (non-hydrogen) atoms. The molecule has 0 bridgehead atoms. The second-order valence-electron chi connectivity index (χ2n) is 6.84. The summed E-state index contributed by atoms with van der Waals surface area (Å²) in [5.74, 6) is 0.540. The number of rotatable bonds is 3. The molecule has 3 aromatic rings. The van der Waals surface area contributed by atoms with Crippen LogP contribution in [0.25, 0.3) is 10.9 Å². The van der Waals surface area contributed by atoms with Crippen molar-refractivity contribution in [3.8, 4) is 0 Å². The first-order chi connectivity index (χ1) is 13.5. The minimum atomic E-state index is -0.458. The number of aromatic nitrogens is 4. The molecule has 0 saturated carbocycles. The Hall–Kier alpha value is -3.49. The van der Waals surface area contributed by atoms with E-state index in [-0.39, 0.29) is 11.6 Å². The van der Waals surface area contributed by atoms with E-state index in [1.807, 2.05) is 31.1 Å². The molecule has 0 atom stereocenters. The first kappa shape index (κ1) is 17.9. The number of anilines is 2. The number of H-pyrrole nitrogens is 1. The van der Waals surface area contributed by atoms with Crippen molar-refractivity contribution in [3.63, 3.8) is 0 Å². The number of amides is 1. The molecule has 1 fully saturated rings. The molecule has 1 aromatic carbocycles. The first-order valence-electron chi connectivity index (χ1n) is 9.04. The summed E-state index contributed by atoms with van der Waals surface area (Å²) >= 11 is 0. The third kappa shape index (κ3) is 3.26. The number of piperazine rings is 1. The lowest BCUT2D eigenvalue weighted by Gasteiger charge is -2.36. The molecule has 1 N–H and O–H groups in total. The highest BCUT2D eigenvalue weighted by molar-refractivity contribution is 5.93. The van der Waals surface area contributed by atoms with Crippen LogP contribution in [0.5, 0.6) is 0 Å². The van der Waals surface area contributed by atoms with Gasteiger partial charge in [0, 0.05) is 63.7 Å². The fourth-order valence-electron chi connectivity index (χ4n) is 3.41. The van der Waals surface area contributed by atoms with E-state index >= 15 is 0 Å². The molecule has 0 aliphatic carbocycles. The van der Waals surface area contributed by atoms with Gasteiger partial charge in [-0.25, -0.2) is 15.0 Å². The van der Waals surface area contributed by atoms with Crippen LogP contribution in [0, 0.1) is 0 Å². The van der Waals surface area contributed by atoms with E-state index in [0.29, 0.717) is 26.2 Å². The van der Waals surface area contributed by atoms with Crippen molar-refractivity contribution in [1.82, 2.24) is 24.8 Å². The highest BCUT2D eigenvalue weighted by Gasteiger charge is 2.25.